The van der Waals surface area contributed by atoms with Gasteiger partial charge >= 0.3 is 6.18 Å². The van der Waals surface area contributed by atoms with Crippen molar-refractivity contribution in [3.8, 4) is 5.75 Å². The number of nitrogens with one attached hydrogen (secondary N) is 2. The van der Waals surface area contributed by atoms with Crippen molar-refractivity contribution in [2.45, 2.75) is 25.2 Å². The molecule has 0 aromatic heterocycles. The van der Waals surface area contributed by atoms with E-state index in [0.29, 0.717) is 5.02 Å². The molecule has 2 amide bonds. The number of rotatable bonds is 9. The number of hydrogen-bond donors (Lipinski definition) is 2. The molecule has 200 valence electrons. The zero-order valence-electron chi connectivity index (χ0n) is 20.5. The average molecular weight is 553 g/mol. The Morgan fingerprint density at radius 3 is 2.05 bits per heavy atom. The largest absolute Gasteiger partial charge is 0.488 e. The molecule has 0 bridgehead atoms. The maximum atomic E-state index is 13.4. The first kappa shape index (κ1) is 27.7. The van der Waals surface area contributed by atoms with E-state index in [9.17, 15) is 22.8 Å². The van der Waals surface area contributed by atoms with Gasteiger partial charge < -0.3 is 15.4 Å². The summed E-state index contributed by atoms with van der Waals surface area (Å²) in [6, 6.07) is 26.1. The van der Waals surface area contributed by atoms with Crippen molar-refractivity contribution in [2.24, 2.45) is 0 Å². The quantitative estimate of drug-likeness (QED) is 0.237. The summed E-state index contributed by atoms with van der Waals surface area (Å²) in [5.74, 6) is -0.910. The van der Waals surface area contributed by atoms with E-state index in [-0.39, 0.29) is 30.0 Å². The highest BCUT2D eigenvalue weighted by Gasteiger charge is 2.30. The molecule has 4 aromatic rings. The second kappa shape index (κ2) is 12.5. The Morgan fingerprint density at radius 1 is 0.821 bits per heavy atom. The maximum Gasteiger partial charge on any atom is 0.416 e. The number of benzene rings is 4. The third-order valence-corrected chi connectivity index (χ3v) is 6.04. The van der Waals surface area contributed by atoms with Gasteiger partial charge in [0.05, 0.1) is 11.1 Å². The van der Waals surface area contributed by atoms with Crippen LogP contribution in [0.15, 0.2) is 103 Å². The van der Waals surface area contributed by atoms with Crippen molar-refractivity contribution in [3.63, 3.8) is 0 Å². The van der Waals surface area contributed by atoms with Crippen molar-refractivity contribution < 1.29 is 27.5 Å². The Bertz CT molecular complexity index is 1410. The van der Waals surface area contributed by atoms with Gasteiger partial charge in [-0.2, -0.15) is 13.2 Å². The number of amides is 2. The standard InChI is InChI=1S/C30H24ClF3N2O3/c31-23-13-16-27(39-19-21-9-5-2-6-10-21)25(18-23)28(37)36-26(17-20-7-3-1-4-8-20)29(38)35-24-14-11-22(12-15-24)30(32,33)34/h1-16,18,26H,17,19H2,(H,35,38)(H,36,37)/t26-/m0/s1. The number of anilines is 1. The predicted octanol–water partition coefficient (Wildman–Crippen LogP) is 6.92. The fraction of sp³-hybridized carbons (Fsp3) is 0.133. The van der Waals surface area contributed by atoms with E-state index >= 15 is 0 Å². The Labute approximate surface area is 228 Å². The van der Waals surface area contributed by atoms with Crippen molar-refractivity contribution >= 4 is 29.1 Å². The fourth-order valence-electron chi connectivity index (χ4n) is 3.81. The smallest absolute Gasteiger partial charge is 0.416 e. The molecular weight excluding hydrogens is 529 g/mol. The molecule has 5 nitrogen and oxygen atoms in total. The minimum Gasteiger partial charge on any atom is -0.488 e. The Balaban J connectivity index is 1.54. The maximum absolute atomic E-state index is 13.4. The van der Waals surface area contributed by atoms with Gasteiger partial charge in [0, 0.05) is 17.1 Å². The SMILES string of the molecule is O=C(N[C@@H](Cc1ccccc1)C(=O)Nc1ccc(C(F)(F)F)cc1)c1cc(Cl)ccc1OCc1ccccc1. The van der Waals surface area contributed by atoms with Crippen molar-refractivity contribution in [1.82, 2.24) is 5.32 Å². The van der Waals surface area contributed by atoms with Gasteiger partial charge in [-0.15, -0.1) is 0 Å². The summed E-state index contributed by atoms with van der Waals surface area (Å²) in [4.78, 5) is 26.6. The van der Waals surface area contributed by atoms with Crippen LogP contribution in [-0.4, -0.2) is 17.9 Å². The van der Waals surface area contributed by atoms with Gasteiger partial charge in [0.25, 0.3) is 5.91 Å². The van der Waals surface area contributed by atoms with E-state index in [1.807, 2.05) is 36.4 Å². The summed E-state index contributed by atoms with van der Waals surface area (Å²) in [7, 11) is 0. The Morgan fingerprint density at radius 2 is 1.44 bits per heavy atom. The summed E-state index contributed by atoms with van der Waals surface area (Å²) in [6.45, 7) is 0.213. The molecule has 39 heavy (non-hydrogen) atoms. The van der Waals surface area contributed by atoms with Crippen LogP contribution in [0.2, 0.25) is 5.02 Å². The highest BCUT2D eigenvalue weighted by molar-refractivity contribution is 6.31. The van der Waals surface area contributed by atoms with Crippen LogP contribution in [-0.2, 0) is 24.0 Å². The molecule has 9 heteroatoms. The molecule has 0 aliphatic rings. The van der Waals surface area contributed by atoms with Crippen LogP contribution in [0.4, 0.5) is 18.9 Å². The molecule has 0 saturated heterocycles. The van der Waals surface area contributed by atoms with Crippen LogP contribution in [0.3, 0.4) is 0 Å². The first-order valence-electron chi connectivity index (χ1n) is 12.0. The Hall–Kier alpha value is -4.30. The highest BCUT2D eigenvalue weighted by Crippen LogP contribution is 2.30. The second-order valence-corrected chi connectivity index (χ2v) is 9.13. The third-order valence-electron chi connectivity index (χ3n) is 5.81. The summed E-state index contributed by atoms with van der Waals surface area (Å²) < 4.78 is 44.6. The number of carbonyl (C=O) groups is 2. The number of alkyl halides is 3. The zero-order valence-corrected chi connectivity index (χ0v) is 21.3. The number of ether oxygens (including phenoxy) is 1. The minimum absolute atomic E-state index is 0.138. The first-order valence-corrected chi connectivity index (χ1v) is 12.4. The molecule has 1 atom stereocenters. The van der Waals surface area contributed by atoms with Crippen LogP contribution >= 0.6 is 11.6 Å². The molecule has 4 aromatic carbocycles. The zero-order chi connectivity index (χ0) is 27.8. The van der Waals surface area contributed by atoms with Crippen LogP contribution < -0.4 is 15.4 Å². The van der Waals surface area contributed by atoms with E-state index in [1.54, 1.807) is 36.4 Å². The topological polar surface area (TPSA) is 67.4 Å². The summed E-state index contributed by atoms with van der Waals surface area (Å²) >= 11 is 6.16. The lowest BCUT2D eigenvalue weighted by Gasteiger charge is -2.20. The molecule has 0 spiro atoms. The summed E-state index contributed by atoms with van der Waals surface area (Å²) in [5, 5.41) is 5.63. The van der Waals surface area contributed by atoms with Gasteiger partial charge in [-0.3, -0.25) is 9.59 Å². The molecule has 0 heterocycles. The lowest BCUT2D eigenvalue weighted by molar-refractivity contribution is -0.137. The molecular formula is C30H24ClF3N2O3. The summed E-state index contributed by atoms with van der Waals surface area (Å²) in [5.41, 5.74) is 1.14. The molecule has 2 N–H and O–H groups in total. The van der Waals surface area contributed by atoms with Gasteiger partial charge in [-0.25, -0.2) is 0 Å². The Kier molecular flexibility index (Phi) is 8.88. The van der Waals surface area contributed by atoms with Crippen LogP contribution in [0.5, 0.6) is 5.75 Å². The summed E-state index contributed by atoms with van der Waals surface area (Å²) in [6.07, 6.45) is -4.36. The van der Waals surface area contributed by atoms with Crippen molar-refractivity contribution in [1.29, 1.82) is 0 Å². The average Bonchev–Trinajstić information content (AvgIpc) is 2.93. The van der Waals surface area contributed by atoms with E-state index < -0.39 is 29.6 Å². The first-order chi connectivity index (χ1) is 18.7. The lowest BCUT2D eigenvalue weighted by Crippen LogP contribution is -2.45. The monoisotopic (exact) mass is 552 g/mol. The van der Waals surface area contributed by atoms with Gasteiger partial charge in [-0.05, 0) is 53.6 Å². The molecule has 0 unspecified atom stereocenters. The predicted molar refractivity (Wildman–Crippen MR) is 144 cm³/mol. The van der Waals surface area contributed by atoms with Gasteiger partial charge in [-0.1, -0.05) is 72.3 Å². The molecule has 0 aliphatic carbocycles. The molecule has 0 saturated carbocycles. The number of carbonyl (C=O) groups excluding carboxylic acids is 2. The minimum atomic E-state index is -4.50. The van der Waals surface area contributed by atoms with Crippen LogP contribution in [0.25, 0.3) is 0 Å². The number of hydrogen-bond acceptors (Lipinski definition) is 3. The van der Waals surface area contributed by atoms with E-state index in [0.717, 1.165) is 35.4 Å². The van der Waals surface area contributed by atoms with E-state index in [4.69, 9.17) is 16.3 Å². The van der Waals surface area contributed by atoms with E-state index in [1.165, 1.54) is 6.07 Å². The van der Waals surface area contributed by atoms with Crippen LogP contribution in [0, 0.1) is 0 Å². The fourth-order valence-corrected chi connectivity index (χ4v) is 3.98. The van der Waals surface area contributed by atoms with Crippen molar-refractivity contribution in [2.75, 3.05) is 5.32 Å². The highest BCUT2D eigenvalue weighted by atomic mass is 35.5. The van der Waals surface area contributed by atoms with Crippen molar-refractivity contribution in [3.05, 3.63) is 130 Å². The normalized spacial score (nSPS) is 11.9. The van der Waals surface area contributed by atoms with E-state index in [2.05, 4.69) is 10.6 Å². The van der Waals surface area contributed by atoms with Crippen LogP contribution in [0.1, 0.15) is 27.0 Å². The van der Waals surface area contributed by atoms with Gasteiger partial charge in [0.1, 0.15) is 18.4 Å². The number of halogens is 4. The van der Waals surface area contributed by atoms with Gasteiger partial charge in [0.2, 0.25) is 5.91 Å². The molecule has 0 radical (unpaired) electrons. The molecule has 4 rings (SSSR count). The molecule has 0 fully saturated rings. The lowest BCUT2D eigenvalue weighted by atomic mass is 10.0. The molecule has 0 aliphatic heterocycles. The third kappa shape index (κ3) is 7.85. The van der Waals surface area contributed by atoms with Gasteiger partial charge in [0.15, 0.2) is 0 Å². The second-order valence-electron chi connectivity index (χ2n) is 8.69.